The molecule has 1 aromatic rings. The highest BCUT2D eigenvalue weighted by molar-refractivity contribution is 9.10. The van der Waals surface area contributed by atoms with Crippen LogP contribution in [0, 0.1) is 10.1 Å². The lowest BCUT2D eigenvalue weighted by Gasteiger charge is -2.03. The Labute approximate surface area is 88.7 Å². The van der Waals surface area contributed by atoms with E-state index in [2.05, 4.69) is 27.5 Å². The average molecular weight is 259 g/mol. The van der Waals surface area contributed by atoms with Crippen molar-refractivity contribution in [2.75, 3.05) is 7.11 Å². The Morgan fingerprint density at radius 3 is 2.86 bits per heavy atom. The fraction of sp³-hybridized carbons (Fsp3) is 0.125. The predicted octanol–water partition coefficient (Wildman–Crippen LogP) is 2.40. The van der Waals surface area contributed by atoms with Crippen LogP contribution in [0.25, 0.3) is 6.08 Å². The molecule has 1 heterocycles. The number of hydrogen-bond acceptors (Lipinski definition) is 4. The summed E-state index contributed by atoms with van der Waals surface area (Å²) in [5.41, 5.74) is 0.0859. The highest BCUT2D eigenvalue weighted by Crippen LogP contribution is 2.29. The summed E-state index contributed by atoms with van der Waals surface area (Å²) in [5.74, 6) is 0.297. The normalized spacial score (nSPS) is 9.57. The van der Waals surface area contributed by atoms with Gasteiger partial charge in [-0.3, -0.25) is 10.1 Å². The molecular formula is C8H7BrN2O3. The van der Waals surface area contributed by atoms with E-state index in [9.17, 15) is 10.1 Å². The third-order valence-corrected chi connectivity index (χ3v) is 2.10. The summed E-state index contributed by atoms with van der Waals surface area (Å²) in [6, 6.07) is 1.34. The molecule has 0 aliphatic heterocycles. The van der Waals surface area contributed by atoms with Gasteiger partial charge < -0.3 is 4.74 Å². The number of rotatable bonds is 3. The first kappa shape index (κ1) is 10.6. The second-order valence-corrected chi connectivity index (χ2v) is 3.20. The molecule has 14 heavy (non-hydrogen) atoms. The van der Waals surface area contributed by atoms with Crippen LogP contribution in [0.5, 0.6) is 5.88 Å². The van der Waals surface area contributed by atoms with E-state index in [1.165, 1.54) is 19.3 Å². The molecule has 0 fully saturated rings. The molecule has 0 atom stereocenters. The Morgan fingerprint density at radius 1 is 1.79 bits per heavy atom. The van der Waals surface area contributed by atoms with Gasteiger partial charge in [0.25, 0.3) is 5.69 Å². The molecule has 0 aliphatic carbocycles. The van der Waals surface area contributed by atoms with Crippen molar-refractivity contribution in [2.45, 2.75) is 0 Å². The van der Waals surface area contributed by atoms with E-state index >= 15 is 0 Å². The van der Waals surface area contributed by atoms with Crippen LogP contribution in [0.1, 0.15) is 5.69 Å². The lowest BCUT2D eigenvalue weighted by molar-refractivity contribution is -0.385. The lowest BCUT2D eigenvalue weighted by atomic mass is 10.3. The maximum Gasteiger partial charge on any atom is 0.296 e. The number of halogens is 1. The predicted molar refractivity (Wildman–Crippen MR) is 55.2 cm³/mol. The van der Waals surface area contributed by atoms with Crippen molar-refractivity contribution < 1.29 is 9.66 Å². The summed E-state index contributed by atoms with van der Waals surface area (Å²) >= 11 is 3.11. The van der Waals surface area contributed by atoms with Gasteiger partial charge >= 0.3 is 0 Å². The van der Waals surface area contributed by atoms with Crippen molar-refractivity contribution in [3.63, 3.8) is 0 Å². The summed E-state index contributed by atoms with van der Waals surface area (Å²) in [6.45, 7) is 3.44. The van der Waals surface area contributed by atoms with E-state index in [1.807, 2.05) is 0 Å². The smallest absolute Gasteiger partial charge is 0.296 e. The minimum atomic E-state index is -0.520. The number of nitro groups is 1. The molecule has 6 heteroatoms. The molecule has 0 bridgehead atoms. The fourth-order valence-electron chi connectivity index (χ4n) is 0.915. The van der Waals surface area contributed by atoms with Crippen molar-refractivity contribution in [2.24, 2.45) is 0 Å². The SMILES string of the molecule is C=Cc1nc(OC)c(Br)cc1[N+](=O)[O-]. The van der Waals surface area contributed by atoms with E-state index in [-0.39, 0.29) is 11.4 Å². The Kier molecular flexibility index (Phi) is 3.19. The molecular weight excluding hydrogens is 252 g/mol. The number of ether oxygens (including phenoxy) is 1. The summed E-state index contributed by atoms with van der Waals surface area (Å²) in [5, 5.41) is 10.6. The first-order valence-electron chi connectivity index (χ1n) is 3.61. The molecule has 0 N–H and O–H groups in total. The van der Waals surface area contributed by atoms with E-state index in [0.717, 1.165) is 0 Å². The standard InChI is InChI=1S/C8H7BrN2O3/c1-3-6-7(11(12)13)4-5(9)8(10-6)14-2/h3-4H,1H2,2H3. The quantitative estimate of drug-likeness (QED) is 0.617. The van der Waals surface area contributed by atoms with Crippen LogP contribution in [0.15, 0.2) is 17.1 Å². The topological polar surface area (TPSA) is 65.3 Å². The van der Waals surface area contributed by atoms with Crippen LogP contribution in [0.4, 0.5) is 5.69 Å². The molecule has 0 amide bonds. The molecule has 1 rings (SSSR count). The van der Waals surface area contributed by atoms with Crippen LogP contribution in [-0.2, 0) is 0 Å². The highest BCUT2D eigenvalue weighted by Gasteiger charge is 2.16. The van der Waals surface area contributed by atoms with Gasteiger partial charge in [0.05, 0.1) is 16.5 Å². The van der Waals surface area contributed by atoms with Gasteiger partial charge in [-0.05, 0) is 22.0 Å². The minimum Gasteiger partial charge on any atom is -0.480 e. The highest BCUT2D eigenvalue weighted by atomic mass is 79.9. The average Bonchev–Trinajstić information content (AvgIpc) is 2.17. The molecule has 0 radical (unpaired) electrons. The summed E-state index contributed by atoms with van der Waals surface area (Å²) in [6.07, 6.45) is 1.31. The number of methoxy groups -OCH3 is 1. The van der Waals surface area contributed by atoms with Gasteiger partial charge in [0.1, 0.15) is 5.69 Å². The zero-order chi connectivity index (χ0) is 10.7. The number of nitrogens with zero attached hydrogens (tertiary/aromatic N) is 2. The third-order valence-electron chi connectivity index (χ3n) is 1.54. The van der Waals surface area contributed by atoms with Gasteiger partial charge in [-0.2, -0.15) is 0 Å². The van der Waals surface area contributed by atoms with Crippen LogP contribution in [0.3, 0.4) is 0 Å². The zero-order valence-corrected chi connectivity index (χ0v) is 8.94. The Hall–Kier alpha value is -1.43. The second-order valence-electron chi connectivity index (χ2n) is 2.35. The Morgan fingerprint density at radius 2 is 2.43 bits per heavy atom. The van der Waals surface area contributed by atoms with Gasteiger partial charge in [0.2, 0.25) is 5.88 Å². The van der Waals surface area contributed by atoms with Gasteiger partial charge in [0.15, 0.2) is 0 Å². The largest absolute Gasteiger partial charge is 0.480 e. The van der Waals surface area contributed by atoms with E-state index in [0.29, 0.717) is 10.4 Å². The van der Waals surface area contributed by atoms with Crippen molar-refractivity contribution >= 4 is 27.7 Å². The van der Waals surface area contributed by atoms with Crippen LogP contribution < -0.4 is 4.74 Å². The summed E-state index contributed by atoms with van der Waals surface area (Å²) in [7, 11) is 1.44. The minimum absolute atomic E-state index is 0.104. The summed E-state index contributed by atoms with van der Waals surface area (Å²) in [4.78, 5) is 14.0. The molecule has 0 saturated heterocycles. The number of pyridine rings is 1. The number of aromatic nitrogens is 1. The maximum absolute atomic E-state index is 10.6. The lowest BCUT2D eigenvalue weighted by Crippen LogP contribution is -1.97. The van der Waals surface area contributed by atoms with Gasteiger partial charge in [-0.1, -0.05) is 6.58 Å². The molecule has 74 valence electrons. The van der Waals surface area contributed by atoms with E-state index < -0.39 is 4.92 Å². The van der Waals surface area contributed by atoms with Crippen molar-refractivity contribution in [1.82, 2.24) is 4.98 Å². The van der Waals surface area contributed by atoms with Gasteiger partial charge in [-0.25, -0.2) is 4.98 Å². The first-order valence-corrected chi connectivity index (χ1v) is 4.40. The third kappa shape index (κ3) is 1.90. The zero-order valence-electron chi connectivity index (χ0n) is 7.36. The molecule has 0 aliphatic rings. The monoisotopic (exact) mass is 258 g/mol. The van der Waals surface area contributed by atoms with Gasteiger partial charge in [0, 0.05) is 6.07 Å². The van der Waals surface area contributed by atoms with Crippen LogP contribution >= 0.6 is 15.9 Å². The molecule has 0 aromatic carbocycles. The van der Waals surface area contributed by atoms with Gasteiger partial charge in [-0.15, -0.1) is 0 Å². The molecule has 0 spiro atoms. The Bertz CT molecular complexity index is 392. The molecule has 0 unspecified atom stereocenters. The second kappa shape index (κ2) is 4.19. The van der Waals surface area contributed by atoms with E-state index in [4.69, 9.17) is 4.74 Å². The van der Waals surface area contributed by atoms with E-state index in [1.54, 1.807) is 0 Å². The maximum atomic E-state index is 10.6. The van der Waals surface area contributed by atoms with Crippen molar-refractivity contribution in [3.8, 4) is 5.88 Å². The number of hydrogen-bond donors (Lipinski definition) is 0. The fourth-order valence-corrected chi connectivity index (χ4v) is 1.38. The molecule has 0 saturated carbocycles. The van der Waals surface area contributed by atoms with Crippen LogP contribution in [-0.4, -0.2) is 17.0 Å². The molecule has 1 aromatic heterocycles. The summed E-state index contributed by atoms with van der Waals surface area (Å²) < 4.78 is 5.34. The van der Waals surface area contributed by atoms with Crippen molar-refractivity contribution in [1.29, 1.82) is 0 Å². The Balaban J connectivity index is 3.38. The van der Waals surface area contributed by atoms with Crippen molar-refractivity contribution in [3.05, 3.63) is 32.9 Å². The molecule has 5 nitrogen and oxygen atoms in total. The first-order chi connectivity index (χ1) is 6.60. The van der Waals surface area contributed by atoms with Crippen LogP contribution in [0.2, 0.25) is 0 Å².